The van der Waals surface area contributed by atoms with Crippen molar-refractivity contribution in [1.82, 2.24) is 14.5 Å². The smallest absolute Gasteiger partial charge is 0.263 e. The monoisotopic (exact) mass is 439 g/mol. The van der Waals surface area contributed by atoms with Crippen molar-refractivity contribution >= 4 is 39.2 Å². The summed E-state index contributed by atoms with van der Waals surface area (Å²) in [6.07, 6.45) is 3.81. The van der Waals surface area contributed by atoms with Gasteiger partial charge in [0.15, 0.2) is 5.16 Å². The number of thiophene rings is 1. The molecule has 0 saturated carbocycles. The summed E-state index contributed by atoms with van der Waals surface area (Å²) in [5.74, 6) is 1.09. The quantitative estimate of drug-likeness (QED) is 0.318. The number of hydrogen-bond donors (Lipinski definition) is 0. The van der Waals surface area contributed by atoms with Crippen LogP contribution in [0.25, 0.3) is 21.3 Å². The van der Waals surface area contributed by atoms with Gasteiger partial charge in [0.2, 0.25) is 5.91 Å². The number of rotatable bonds is 6. The van der Waals surface area contributed by atoms with Gasteiger partial charge in [-0.2, -0.15) is 0 Å². The van der Waals surface area contributed by atoms with E-state index in [2.05, 4.69) is 13.5 Å². The molecule has 0 atom stereocenters. The Morgan fingerprint density at radius 3 is 2.73 bits per heavy atom. The Labute approximate surface area is 184 Å². The summed E-state index contributed by atoms with van der Waals surface area (Å²) in [5, 5.41) is 3.20. The van der Waals surface area contributed by atoms with Crippen LogP contribution in [-0.2, 0) is 11.3 Å². The minimum absolute atomic E-state index is 0.0817. The highest BCUT2D eigenvalue weighted by molar-refractivity contribution is 7.99. The van der Waals surface area contributed by atoms with Crippen molar-refractivity contribution in [2.75, 3.05) is 18.8 Å². The number of likely N-dealkylation sites (tertiary alicyclic amines) is 1. The summed E-state index contributed by atoms with van der Waals surface area (Å²) < 4.78 is 1.63. The molecule has 0 radical (unpaired) electrons. The Balaban J connectivity index is 1.63. The molecule has 4 rings (SSSR count). The largest absolute Gasteiger partial charge is 0.342 e. The number of carbonyl (C=O) groups excluding carboxylic acids is 1. The number of piperidine rings is 1. The summed E-state index contributed by atoms with van der Waals surface area (Å²) >= 11 is 2.81. The van der Waals surface area contributed by atoms with Gasteiger partial charge in [-0.3, -0.25) is 14.2 Å². The number of hydrogen-bond acceptors (Lipinski definition) is 5. The van der Waals surface area contributed by atoms with Gasteiger partial charge in [0.05, 0.1) is 11.1 Å². The zero-order valence-electron chi connectivity index (χ0n) is 17.0. The predicted molar refractivity (Wildman–Crippen MR) is 125 cm³/mol. The molecule has 3 aromatic rings. The minimum atomic E-state index is -0.0817. The molecule has 7 heteroatoms. The topological polar surface area (TPSA) is 55.2 Å². The van der Waals surface area contributed by atoms with Crippen molar-refractivity contribution in [3.8, 4) is 11.1 Å². The zero-order valence-corrected chi connectivity index (χ0v) is 18.7. The van der Waals surface area contributed by atoms with Gasteiger partial charge >= 0.3 is 0 Å². The maximum absolute atomic E-state index is 13.4. The first-order valence-corrected chi connectivity index (χ1v) is 12.0. The van der Waals surface area contributed by atoms with Crippen LogP contribution in [0.4, 0.5) is 0 Å². The lowest BCUT2D eigenvalue weighted by Crippen LogP contribution is -2.39. The number of thioether (sulfide) groups is 1. The van der Waals surface area contributed by atoms with Crippen molar-refractivity contribution in [2.45, 2.75) is 31.5 Å². The molecule has 1 fully saturated rings. The fraction of sp³-hybridized carbons (Fsp3) is 0.348. The van der Waals surface area contributed by atoms with E-state index < -0.39 is 0 Å². The summed E-state index contributed by atoms with van der Waals surface area (Å²) in [4.78, 5) is 33.4. The molecule has 0 bridgehead atoms. The van der Waals surface area contributed by atoms with E-state index in [9.17, 15) is 9.59 Å². The number of fused-ring (bicyclic) bond motifs is 1. The maximum atomic E-state index is 13.4. The molecule has 1 aromatic carbocycles. The molecule has 0 aliphatic carbocycles. The van der Waals surface area contributed by atoms with Crippen LogP contribution < -0.4 is 5.56 Å². The van der Waals surface area contributed by atoms with E-state index in [1.54, 1.807) is 10.6 Å². The first-order valence-electron chi connectivity index (χ1n) is 10.2. The van der Waals surface area contributed by atoms with Gasteiger partial charge in [-0.25, -0.2) is 4.98 Å². The Hall–Kier alpha value is -2.38. The van der Waals surface area contributed by atoms with E-state index in [0.29, 0.717) is 33.6 Å². The van der Waals surface area contributed by atoms with Gasteiger partial charge < -0.3 is 4.90 Å². The predicted octanol–water partition coefficient (Wildman–Crippen LogP) is 4.66. The Morgan fingerprint density at radius 1 is 1.30 bits per heavy atom. The number of nitrogens with zero attached hydrogens (tertiary/aromatic N) is 3. The molecule has 0 spiro atoms. The molecular weight excluding hydrogens is 414 g/mol. The molecule has 1 amide bonds. The fourth-order valence-corrected chi connectivity index (χ4v) is 5.61. The lowest BCUT2D eigenvalue weighted by atomic mass is 9.99. The first-order chi connectivity index (χ1) is 14.6. The summed E-state index contributed by atoms with van der Waals surface area (Å²) in [6, 6.07) is 9.89. The molecule has 3 heterocycles. The molecule has 1 saturated heterocycles. The van der Waals surface area contributed by atoms with Crippen molar-refractivity contribution < 1.29 is 4.79 Å². The van der Waals surface area contributed by atoms with E-state index >= 15 is 0 Å². The molecule has 0 N–H and O–H groups in total. The van der Waals surface area contributed by atoms with Crippen molar-refractivity contribution in [3.05, 3.63) is 58.7 Å². The van der Waals surface area contributed by atoms with Crippen LogP contribution in [0.2, 0.25) is 0 Å². The summed E-state index contributed by atoms with van der Waals surface area (Å²) in [5.41, 5.74) is 1.82. The molecule has 0 unspecified atom stereocenters. The standard InChI is InChI=1S/C23H25N3O2S2/c1-3-11-26-22(28)20-18(17-7-5-4-6-8-17)14-29-21(20)24-23(26)30-15-19(27)25-12-9-16(2)10-13-25/h3-8,14,16H,1,9-13,15H2,2H3. The second-order valence-electron chi connectivity index (χ2n) is 7.65. The number of aromatic nitrogens is 2. The highest BCUT2D eigenvalue weighted by Crippen LogP contribution is 2.32. The molecule has 1 aliphatic heterocycles. The molecule has 1 aliphatic rings. The molecule has 5 nitrogen and oxygen atoms in total. The third-order valence-electron chi connectivity index (χ3n) is 5.52. The van der Waals surface area contributed by atoms with Gasteiger partial charge in [-0.05, 0) is 24.3 Å². The van der Waals surface area contributed by atoms with E-state index in [0.717, 1.165) is 37.1 Å². The van der Waals surface area contributed by atoms with E-state index in [4.69, 9.17) is 4.98 Å². The van der Waals surface area contributed by atoms with E-state index in [-0.39, 0.29) is 11.5 Å². The maximum Gasteiger partial charge on any atom is 0.263 e. The minimum Gasteiger partial charge on any atom is -0.342 e. The van der Waals surface area contributed by atoms with Crippen LogP contribution in [-0.4, -0.2) is 39.2 Å². The third-order valence-corrected chi connectivity index (χ3v) is 7.35. The molecule has 156 valence electrons. The van der Waals surface area contributed by atoms with Gasteiger partial charge in [0.25, 0.3) is 5.56 Å². The van der Waals surface area contributed by atoms with Crippen molar-refractivity contribution in [3.63, 3.8) is 0 Å². The molecular formula is C23H25N3O2S2. The molecule has 2 aromatic heterocycles. The van der Waals surface area contributed by atoms with Crippen LogP contribution in [0, 0.1) is 5.92 Å². The van der Waals surface area contributed by atoms with E-state index in [1.807, 2.05) is 40.6 Å². The third kappa shape index (κ3) is 4.23. The first kappa shape index (κ1) is 20.9. The number of benzene rings is 1. The number of amides is 1. The van der Waals surface area contributed by atoms with Crippen LogP contribution in [0.3, 0.4) is 0 Å². The lowest BCUT2D eigenvalue weighted by Gasteiger charge is -2.30. The Bertz CT molecular complexity index is 1110. The highest BCUT2D eigenvalue weighted by atomic mass is 32.2. The fourth-order valence-electron chi connectivity index (χ4n) is 3.71. The van der Waals surface area contributed by atoms with Gasteiger partial charge in [0.1, 0.15) is 4.83 Å². The zero-order chi connectivity index (χ0) is 21.1. The van der Waals surface area contributed by atoms with Crippen molar-refractivity contribution in [1.29, 1.82) is 0 Å². The summed E-state index contributed by atoms with van der Waals surface area (Å²) in [7, 11) is 0. The van der Waals surface area contributed by atoms with E-state index in [1.165, 1.54) is 23.1 Å². The SMILES string of the molecule is C=CCn1c(SCC(=O)N2CCC(C)CC2)nc2scc(-c3ccccc3)c2c1=O. The van der Waals surface area contributed by atoms with Crippen LogP contribution in [0.15, 0.2) is 58.3 Å². The number of allylic oxidation sites excluding steroid dienone is 1. The van der Waals surface area contributed by atoms with Crippen LogP contribution >= 0.6 is 23.1 Å². The van der Waals surface area contributed by atoms with Gasteiger partial charge in [-0.15, -0.1) is 17.9 Å². The second-order valence-corrected chi connectivity index (χ2v) is 9.45. The molecule has 30 heavy (non-hydrogen) atoms. The van der Waals surface area contributed by atoms with Gasteiger partial charge in [0, 0.05) is 30.6 Å². The van der Waals surface area contributed by atoms with Gasteiger partial charge in [-0.1, -0.05) is 55.1 Å². The average molecular weight is 440 g/mol. The Kier molecular flexibility index (Phi) is 6.39. The number of carbonyl (C=O) groups is 1. The normalized spacial score (nSPS) is 14.9. The highest BCUT2D eigenvalue weighted by Gasteiger charge is 2.22. The Morgan fingerprint density at radius 2 is 2.03 bits per heavy atom. The van der Waals surface area contributed by atoms with Crippen molar-refractivity contribution in [2.24, 2.45) is 5.92 Å². The second kappa shape index (κ2) is 9.18. The van der Waals surface area contributed by atoms with Crippen LogP contribution in [0.1, 0.15) is 19.8 Å². The van der Waals surface area contributed by atoms with Crippen LogP contribution in [0.5, 0.6) is 0 Å². The lowest BCUT2D eigenvalue weighted by molar-refractivity contribution is -0.129. The summed E-state index contributed by atoms with van der Waals surface area (Å²) in [6.45, 7) is 8.02. The average Bonchev–Trinajstić information content (AvgIpc) is 3.19.